The maximum Gasteiger partial charge on any atom is 0.255 e. The Hall–Kier alpha value is -4.37. The quantitative estimate of drug-likeness (QED) is 0.208. The molecule has 0 saturated heterocycles. The lowest BCUT2D eigenvalue weighted by Gasteiger charge is -2.26. The molecule has 0 radical (unpaired) electrons. The first-order valence-electron chi connectivity index (χ1n) is 12.2. The largest absolute Gasteiger partial charge is 0.487 e. The number of hydrogen-bond donors (Lipinski definition) is 3. The maximum absolute atomic E-state index is 12.7. The first kappa shape index (κ1) is 23.1. The van der Waals surface area contributed by atoms with E-state index in [0.29, 0.717) is 11.7 Å². The number of ether oxygens (including phenoxy) is 1. The summed E-state index contributed by atoms with van der Waals surface area (Å²) in [6.45, 7) is 0. The maximum atomic E-state index is 12.7. The smallest absolute Gasteiger partial charge is 0.255 e. The molecule has 0 spiro atoms. The SMILES string of the molecule is CNc1ccccc1NC(=O)c1ccc(Nc2ncc(-c3cnc4c(OC5CCC5)cccn34)s2)cc1.[HH].[HH]. The number of aromatic nitrogens is 3. The van der Waals surface area contributed by atoms with E-state index in [9.17, 15) is 4.79 Å². The van der Waals surface area contributed by atoms with Crippen LogP contribution in [0.15, 0.2) is 79.3 Å². The minimum Gasteiger partial charge on any atom is -0.487 e. The number of thiazole rings is 1. The van der Waals surface area contributed by atoms with Gasteiger partial charge in [-0.3, -0.25) is 9.20 Å². The van der Waals surface area contributed by atoms with Gasteiger partial charge in [-0.05, 0) is 67.8 Å². The second-order valence-corrected chi connectivity index (χ2v) is 9.89. The van der Waals surface area contributed by atoms with Crippen LogP contribution in [0.3, 0.4) is 0 Å². The van der Waals surface area contributed by atoms with Crippen LogP contribution in [0.4, 0.5) is 22.2 Å². The molecule has 3 N–H and O–H groups in total. The molecule has 0 bridgehead atoms. The summed E-state index contributed by atoms with van der Waals surface area (Å²) < 4.78 is 8.18. The Kier molecular flexibility index (Phi) is 6.20. The summed E-state index contributed by atoms with van der Waals surface area (Å²) in [6, 6.07) is 18.9. The van der Waals surface area contributed by atoms with E-state index in [1.807, 2.05) is 78.6 Å². The van der Waals surface area contributed by atoms with Gasteiger partial charge in [0.25, 0.3) is 5.91 Å². The molecule has 0 atom stereocenters. The number of rotatable bonds is 8. The Morgan fingerprint density at radius 2 is 1.84 bits per heavy atom. The molecule has 0 unspecified atom stereocenters. The fourth-order valence-corrected chi connectivity index (χ4v) is 5.05. The highest BCUT2D eigenvalue weighted by molar-refractivity contribution is 7.18. The first-order chi connectivity index (χ1) is 18.2. The molecule has 190 valence electrons. The molecule has 0 aliphatic heterocycles. The molecule has 1 aliphatic rings. The topological polar surface area (TPSA) is 92.6 Å². The Morgan fingerprint density at radius 1 is 1.03 bits per heavy atom. The third-order valence-corrected chi connectivity index (χ3v) is 7.38. The second kappa shape index (κ2) is 9.94. The number of anilines is 4. The molecule has 1 saturated carbocycles. The zero-order valence-corrected chi connectivity index (χ0v) is 21.1. The van der Waals surface area contributed by atoms with Gasteiger partial charge in [0.2, 0.25) is 0 Å². The number of pyridine rings is 1. The summed E-state index contributed by atoms with van der Waals surface area (Å²) in [5.74, 6) is 0.652. The van der Waals surface area contributed by atoms with E-state index in [0.717, 1.165) is 57.0 Å². The van der Waals surface area contributed by atoms with Gasteiger partial charge in [-0.25, -0.2) is 9.97 Å². The number of hydrogen-bond acceptors (Lipinski definition) is 7. The number of carbonyl (C=O) groups excluding carboxylic acids is 1. The van der Waals surface area contributed by atoms with Gasteiger partial charge in [0.15, 0.2) is 16.5 Å². The van der Waals surface area contributed by atoms with E-state index in [1.54, 1.807) is 23.5 Å². The van der Waals surface area contributed by atoms with Crippen LogP contribution in [0.5, 0.6) is 5.75 Å². The van der Waals surface area contributed by atoms with E-state index in [-0.39, 0.29) is 8.76 Å². The second-order valence-electron chi connectivity index (χ2n) is 8.86. The van der Waals surface area contributed by atoms with Gasteiger partial charge in [0, 0.05) is 33.5 Å². The van der Waals surface area contributed by atoms with Crippen molar-refractivity contribution in [1.29, 1.82) is 0 Å². The number of imidazole rings is 1. The van der Waals surface area contributed by atoms with Crippen LogP contribution in [-0.4, -0.2) is 33.4 Å². The zero-order chi connectivity index (χ0) is 25.2. The van der Waals surface area contributed by atoms with Gasteiger partial charge in [0.1, 0.15) is 0 Å². The third-order valence-electron chi connectivity index (χ3n) is 6.45. The van der Waals surface area contributed by atoms with Crippen molar-refractivity contribution in [3.8, 4) is 16.3 Å². The predicted octanol–water partition coefficient (Wildman–Crippen LogP) is 6.92. The number of para-hydroxylation sites is 2. The average molecular weight is 515 g/mol. The molecule has 3 heterocycles. The van der Waals surface area contributed by atoms with Crippen LogP contribution < -0.4 is 20.7 Å². The van der Waals surface area contributed by atoms with E-state index >= 15 is 0 Å². The summed E-state index contributed by atoms with van der Waals surface area (Å²) in [6.07, 6.45) is 9.44. The number of carbonyl (C=O) groups is 1. The fraction of sp³-hybridized carbons (Fsp3) is 0.179. The van der Waals surface area contributed by atoms with Gasteiger partial charge in [-0.15, -0.1) is 0 Å². The van der Waals surface area contributed by atoms with Crippen LogP contribution >= 0.6 is 11.3 Å². The highest BCUT2D eigenvalue weighted by Crippen LogP contribution is 2.34. The van der Waals surface area contributed by atoms with E-state index in [4.69, 9.17) is 4.74 Å². The van der Waals surface area contributed by atoms with Crippen molar-refractivity contribution in [3.63, 3.8) is 0 Å². The molecule has 5 aromatic rings. The van der Waals surface area contributed by atoms with Gasteiger partial charge < -0.3 is 20.7 Å². The van der Waals surface area contributed by atoms with Crippen molar-refractivity contribution >= 4 is 45.1 Å². The van der Waals surface area contributed by atoms with E-state index < -0.39 is 0 Å². The molecule has 1 aliphatic carbocycles. The van der Waals surface area contributed by atoms with Gasteiger partial charge in [-0.1, -0.05) is 23.5 Å². The normalized spacial score (nSPS) is 13.2. The minimum absolute atomic E-state index is 0. The zero-order valence-electron chi connectivity index (χ0n) is 20.3. The summed E-state index contributed by atoms with van der Waals surface area (Å²) in [5.41, 5.74) is 4.81. The number of nitrogens with zero attached hydrogens (tertiary/aromatic N) is 3. The molecule has 6 rings (SSSR count). The fourth-order valence-electron chi connectivity index (χ4n) is 4.21. The molecule has 3 aromatic heterocycles. The van der Waals surface area contributed by atoms with Crippen molar-refractivity contribution in [2.24, 2.45) is 0 Å². The summed E-state index contributed by atoms with van der Waals surface area (Å²) in [4.78, 5) is 22.9. The lowest BCUT2D eigenvalue weighted by Crippen LogP contribution is -2.24. The van der Waals surface area contributed by atoms with Crippen LogP contribution in [0.1, 0.15) is 32.5 Å². The highest BCUT2D eigenvalue weighted by Gasteiger charge is 2.21. The Bertz CT molecular complexity index is 1570. The van der Waals surface area contributed by atoms with Crippen LogP contribution in [0, 0.1) is 0 Å². The standard InChI is InChI=1S/C28H26N6O2S.2H2/c1-29-21-8-2-3-9-22(21)33-27(35)18-11-13-19(14-12-18)32-28-31-17-25(37-28)23-16-30-26-24(10-5-15-34(23)26)36-20-6-4-7-20;;/h2-3,5,8-17,20,29H,4,6-7H2,1H3,(H,31,32)(H,33,35);2*1H. The Balaban J connectivity index is 0.00000176. The highest BCUT2D eigenvalue weighted by atomic mass is 32.1. The van der Waals surface area contributed by atoms with Crippen LogP contribution in [0.2, 0.25) is 0 Å². The van der Waals surface area contributed by atoms with Gasteiger partial charge >= 0.3 is 0 Å². The van der Waals surface area contributed by atoms with Crippen molar-refractivity contribution in [2.45, 2.75) is 25.4 Å². The summed E-state index contributed by atoms with van der Waals surface area (Å²) >= 11 is 1.54. The van der Waals surface area contributed by atoms with E-state index in [1.165, 1.54) is 6.42 Å². The predicted molar refractivity (Wildman–Crippen MR) is 152 cm³/mol. The number of amides is 1. The molecule has 9 heteroatoms. The average Bonchev–Trinajstić information content (AvgIpc) is 3.54. The lowest BCUT2D eigenvalue weighted by atomic mass is 9.96. The molecule has 1 amide bonds. The molecular formula is C28H30N6O2S. The summed E-state index contributed by atoms with van der Waals surface area (Å²) in [7, 11) is 1.83. The Morgan fingerprint density at radius 3 is 2.59 bits per heavy atom. The Labute approximate surface area is 221 Å². The molecule has 8 nitrogen and oxygen atoms in total. The third kappa shape index (κ3) is 4.73. The lowest BCUT2D eigenvalue weighted by molar-refractivity contribution is 0.102. The van der Waals surface area contributed by atoms with Crippen LogP contribution in [0.25, 0.3) is 16.2 Å². The molecular weight excluding hydrogens is 484 g/mol. The minimum atomic E-state index is -0.168. The number of benzene rings is 2. The van der Waals surface area contributed by atoms with E-state index in [2.05, 4.69) is 25.9 Å². The molecule has 37 heavy (non-hydrogen) atoms. The molecule has 1 fully saturated rings. The van der Waals surface area contributed by atoms with Crippen molar-refractivity contribution < 1.29 is 12.4 Å². The van der Waals surface area contributed by atoms with Crippen molar-refractivity contribution in [1.82, 2.24) is 14.4 Å². The molecule has 2 aromatic carbocycles. The van der Waals surface area contributed by atoms with Crippen molar-refractivity contribution in [3.05, 3.63) is 84.8 Å². The van der Waals surface area contributed by atoms with Crippen LogP contribution in [-0.2, 0) is 0 Å². The first-order valence-corrected chi connectivity index (χ1v) is 13.0. The van der Waals surface area contributed by atoms with Gasteiger partial charge in [0.05, 0.1) is 34.2 Å². The summed E-state index contributed by atoms with van der Waals surface area (Å²) in [5, 5.41) is 10.1. The number of nitrogens with one attached hydrogen (secondary N) is 3. The van der Waals surface area contributed by atoms with Gasteiger partial charge in [-0.2, -0.15) is 0 Å². The number of fused-ring (bicyclic) bond motifs is 1. The van der Waals surface area contributed by atoms with Crippen molar-refractivity contribution in [2.75, 3.05) is 23.0 Å². The monoisotopic (exact) mass is 514 g/mol.